The van der Waals surface area contributed by atoms with Crippen LogP contribution in [0, 0.1) is 13.7 Å². The first-order valence-corrected chi connectivity index (χ1v) is 5.30. The lowest BCUT2D eigenvalue weighted by Crippen LogP contribution is -2.19. The molecule has 0 bridgehead atoms. The largest absolute Gasteiger partial charge is 0.573 e. The Hall–Kier alpha value is -1.27. The monoisotopic (exact) mass is 401 g/mol. The van der Waals surface area contributed by atoms with Gasteiger partial charge >= 0.3 is 18.2 Å². The van der Waals surface area contributed by atoms with Crippen molar-refractivity contribution in [3.8, 4) is 5.75 Å². The van der Waals surface area contributed by atoms with Crippen LogP contribution in [0.5, 0.6) is 5.75 Å². The third-order valence-electron chi connectivity index (χ3n) is 1.76. The Morgan fingerprint density at radius 2 is 1.68 bits per heavy atom. The van der Waals surface area contributed by atoms with Crippen LogP contribution in [0.1, 0.15) is 5.56 Å². The van der Waals surface area contributed by atoms with Crippen molar-refractivity contribution < 1.29 is 36.0 Å². The summed E-state index contributed by atoms with van der Waals surface area (Å²) in [4.78, 5) is 9.31. The molecule has 0 aliphatic rings. The fraction of sp³-hybridized carbons (Fsp3) is 0.250. The van der Waals surface area contributed by atoms with Gasteiger partial charge in [-0.05, 0) is 34.7 Å². The molecule has 0 spiro atoms. The van der Waals surface area contributed by atoms with Crippen molar-refractivity contribution in [1.82, 2.24) is 0 Å². The van der Waals surface area contributed by atoms with Crippen LogP contribution < -0.4 is 4.74 Å². The Morgan fingerprint density at radius 3 is 2.05 bits per heavy atom. The molecule has 1 aromatic carbocycles. The van der Waals surface area contributed by atoms with Crippen molar-refractivity contribution in [3.05, 3.63) is 31.4 Å². The van der Waals surface area contributed by atoms with Gasteiger partial charge in [0.05, 0.1) is 14.1 Å². The molecule has 0 saturated heterocycles. The highest BCUT2D eigenvalue weighted by Crippen LogP contribution is 2.41. The minimum atomic E-state index is -5.34. The highest BCUT2D eigenvalue weighted by Gasteiger charge is 2.39. The van der Waals surface area contributed by atoms with Crippen molar-refractivity contribution >= 4 is 28.3 Å². The number of hydrogen-bond donors (Lipinski definition) is 0. The maximum absolute atomic E-state index is 12.4. The van der Waals surface area contributed by atoms with Crippen LogP contribution in [-0.2, 0) is 6.18 Å². The summed E-state index contributed by atoms with van der Waals surface area (Å²) in [6, 6.07) is 0.301. The molecule has 0 aliphatic carbocycles. The van der Waals surface area contributed by atoms with E-state index < -0.39 is 38.0 Å². The lowest BCUT2D eigenvalue weighted by molar-refractivity contribution is -0.389. The fourth-order valence-corrected chi connectivity index (χ4v) is 1.92. The van der Waals surface area contributed by atoms with Crippen molar-refractivity contribution in [3.63, 3.8) is 0 Å². The Bertz CT molecular complexity index is 512. The first kappa shape index (κ1) is 15.8. The topological polar surface area (TPSA) is 52.4 Å². The van der Waals surface area contributed by atoms with E-state index in [-0.39, 0.29) is 6.07 Å². The zero-order valence-corrected chi connectivity index (χ0v) is 10.6. The smallest absolute Gasteiger partial charge is 0.398 e. The first-order valence-electron chi connectivity index (χ1n) is 4.22. The highest BCUT2D eigenvalue weighted by molar-refractivity contribution is 14.1. The van der Waals surface area contributed by atoms with Gasteiger partial charge in [-0.1, -0.05) is 0 Å². The van der Waals surface area contributed by atoms with Crippen LogP contribution in [0.4, 0.5) is 32.0 Å². The number of hydrogen-bond acceptors (Lipinski definition) is 3. The SMILES string of the molecule is O=[N+]([O-])c1c(I)cc(C(F)(F)F)cc1OC(F)(F)F. The van der Waals surface area contributed by atoms with E-state index in [2.05, 4.69) is 4.74 Å². The summed E-state index contributed by atoms with van der Waals surface area (Å²) in [5.41, 5.74) is -2.65. The molecule has 11 heteroatoms. The summed E-state index contributed by atoms with van der Waals surface area (Å²) < 4.78 is 75.9. The zero-order valence-electron chi connectivity index (χ0n) is 8.47. The molecule has 0 fully saturated rings. The van der Waals surface area contributed by atoms with Gasteiger partial charge < -0.3 is 4.74 Å². The van der Waals surface area contributed by atoms with Crippen LogP contribution in [0.15, 0.2) is 12.1 Å². The van der Waals surface area contributed by atoms with Crippen molar-refractivity contribution in [2.45, 2.75) is 12.5 Å². The summed E-state index contributed by atoms with van der Waals surface area (Å²) in [7, 11) is 0. The second-order valence-electron chi connectivity index (χ2n) is 3.11. The summed E-state index contributed by atoms with van der Waals surface area (Å²) in [5, 5.41) is 10.6. The van der Waals surface area contributed by atoms with Crippen molar-refractivity contribution in [2.75, 3.05) is 0 Å². The van der Waals surface area contributed by atoms with Gasteiger partial charge in [-0.15, -0.1) is 13.2 Å². The predicted molar refractivity (Wildman–Crippen MR) is 57.5 cm³/mol. The molecular weight excluding hydrogens is 399 g/mol. The van der Waals surface area contributed by atoms with E-state index in [4.69, 9.17) is 0 Å². The molecule has 19 heavy (non-hydrogen) atoms. The minimum absolute atomic E-state index is 0.0617. The Balaban J connectivity index is 3.46. The van der Waals surface area contributed by atoms with Crippen LogP contribution >= 0.6 is 22.6 Å². The molecule has 0 aromatic heterocycles. The maximum Gasteiger partial charge on any atom is 0.573 e. The molecule has 0 atom stereocenters. The zero-order chi connectivity index (χ0) is 15.0. The quantitative estimate of drug-likeness (QED) is 0.325. The van der Waals surface area contributed by atoms with E-state index in [1.807, 2.05) is 0 Å². The second kappa shape index (κ2) is 5.02. The predicted octanol–water partition coefficient (Wildman–Crippen LogP) is 4.12. The van der Waals surface area contributed by atoms with Gasteiger partial charge in [0.15, 0.2) is 0 Å². The van der Waals surface area contributed by atoms with Crippen molar-refractivity contribution in [2.24, 2.45) is 0 Å². The maximum atomic E-state index is 12.4. The summed E-state index contributed by atoms with van der Waals surface area (Å²) in [6.45, 7) is 0. The van der Waals surface area contributed by atoms with Gasteiger partial charge in [-0.2, -0.15) is 13.2 Å². The lowest BCUT2D eigenvalue weighted by atomic mass is 10.2. The third kappa shape index (κ3) is 4.11. The molecular formula is C8H2F6INO3. The van der Waals surface area contributed by atoms with Crippen molar-refractivity contribution in [1.29, 1.82) is 0 Å². The van der Waals surface area contributed by atoms with Crippen LogP contribution in [0.25, 0.3) is 0 Å². The molecule has 106 valence electrons. The van der Waals surface area contributed by atoms with E-state index in [1.165, 1.54) is 0 Å². The fourth-order valence-electron chi connectivity index (χ4n) is 1.12. The molecule has 1 rings (SSSR count). The number of ether oxygens (including phenoxy) is 1. The lowest BCUT2D eigenvalue weighted by Gasteiger charge is -2.13. The van der Waals surface area contributed by atoms with E-state index in [0.717, 1.165) is 22.6 Å². The van der Waals surface area contributed by atoms with E-state index in [9.17, 15) is 36.5 Å². The number of nitro groups is 1. The molecule has 0 saturated carbocycles. The number of benzene rings is 1. The molecule has 0 amide bonds. The molecule has 0 radical (unpaired) electrons. The van der Waals surface area contributed by atoms with Crippen LogP contribution in [-0.4, -0.2) is 11.3 Å². The van der Waals surface area contributed by atoms with Gasteiger partial charge in [0.25, 0.3) is 0 Å². The van der Waals surface area contributed by atoms with Crippen LogP contribution in [0.3, 0.4) is 0 Å². The number of rotatable bonds is 2. The van der Waals surface area contributed by atoms with E-state index in [1.54, 1.807) is 0 Å². The van der Waals surface area contributed by atoms with Gasteiger partial charge in [0.2, 0.25) is 5.75 Å². The normalized spacial score (nSPS) is 12.4. The van der Waals surface area contributed by atoms with Gasteiger partial charge in [0, 0.05) is 0 Å². The molecule has 0 heterocycles. The Labute approximate surface area is 114 Å². The van der Waals surface area contributed by atoms with Crippen LogP contribution in [0.2, 0.25) is 0 Å². The first-order chi connectivity index (χ1) is 8.42. The highest BCUT2D eigenvalue weighted by atomic mass is 127. The summed E-state index contributed by atoms with van der Waals surface area (Å²) in [6.07, 6.45) is -10.3. The summed E-state index contributed by atoms with van der Waals surface area (Å²) in [5.74, 6) is -1.50. The number of halogens is 7. The second-order valence-corrected chi connectivity index (χ2v) is 4.27. The number of nitro benzene ring substituents is 1. The molecule has 1 aromatic rings. The average molecular weight is 401 g/mol. The number of alkyl halides is 6. The molecule has 4 nitrogen and oxygen atoms in total. The summed E-state index contributed by atoms with van der Waals surface area (Å²) >= 11 is 1.13. The van der Waals surface area contributed by atoms with Gasteiger partial charge in [-0.3, -0.25) is 10.1 Å². The molecule has 0 aliphatic heterocycles. The average Bonchev–Trinajstić information content (AvgIpc) is 2.11. The number of nitrogens with zero attached hydrogens (tertiary/aromatic N) is 1. The van der Waals surface area contributed by atoms with E-state index in [0.29, 0.717) is 6.07 Å². The minimum Gasteiger partial charge on any atom is -0.398 e. The molecule has 0 unspecified atom stereocenters. The Kier molecular flexibility index (Phi) is 4.17. The third-order valence-corrected chi connectivity index (χ3v) is 2.59. The van der Waals surface area contributed by atoms with E-state index >= 15 is 0 Å². The van der Waals surface area contributed by atoms with Gasteiger partial charge in [0.1, 0.15) is 0 Å². The standard InChI is InChI=1S/C8H2F6INO3/c9-7(10,11)3-1-4(15)6(16(17)18)5(2-3)19-8(12,13)14/h1-2H. The molecule has 0 N–H and O–H groups in total. The Morgan fingerprint density at radius 1 is 1.16 bits per heavy atom. The van der Waals surface area contributed by atoms with Gasteiger partial charge in [-0.25, -0.2) is 0 Å².